The number of aryl methyl sites for hydroxylation is 2. The molecule has 1 aromatic heterocycles. The Bertz CT molecular complexity index is 1300. The van der Waals surface area contributed by atoms with Crippen molar-refractivity contribution in [2.24, 2.45) is 0 Å². The summed E-state index contributed by atoms with van der Waals surface area (Å²) in [6, 6.07) is 14.4. The zero-order valence-corrected chi connectivity index (χ0v) is 19.8. The first-order chi connectivity index (χ1) is 16.5. The maximum atomic E-state index is 13.2. The number of nitrogens with zero attached hydrogens (tertiary/aromatic N) is 2. The van der Waals surface area contributed by atoms with Crippen LogP contribution < -0.4 is 10.1 Å². The highest BCUT2D eigenvalue weighted by Gasteiger charge is 2.49. The molecule has 9 heteroatoms. The minimum atomic E-state index is -2.97. The largest absolute Gasteiger partial charge is 0.435 e. The molecule has 0 radical (unpaired) electrons. The number of imide groups is 1. The van der Waals surface area contributed by atoms with E-state index >= 15 is 0 Å². The van der Waals surface area contributed by atoms with Crippen LogP contribution >= 0.6 is 0 Å². The fourth-order valence-electron chi connectivity index (χ4n) is 4.37. The molecule has 1 atom stereocenters. The van der Waals surface area contributed by atoms with Gasteiger partial charge in [-0.1, -0.05) is 29.8 Å². The maximum absolute atomic E-state index is 13.2. The van der Waals surface area contributed by atoms with E-state index in [1.807, 2.05) is 49.6 Å². The van der Waals surface area contributed by atoms with E-state index in [1.165, 1.54) is 31.2 Å². The first-order valence-corrected chi connectivity index (χ1v) is 11.0. The molecule has 1 aliphatic heterocycles. The molecule has 7 nitrogen and oxygen atoms in total. The van der Waals surface area contributed by atoms with Crippen LogP contribution in [0.1, 0.15) is 39.8 Å². The van der Waals surface area contributed by atoms with E-state index in [0.29, 0.717) is 16.8 Å². The van der Waals surface area contributed by atoms with Gasteiger partial charge in [0.1, 0.15) is 11.3 Å². The average Bonchev–Trinajstić information content (AvgIpc) is 3.22. The normalized spacial score (nSPS) is 17.7. The molecular formula is C26H25F2N3O4. The third-order valence-electron chi connectivity index (χ3n) is 6.26. The van der Waals surface area contributed by atoms with Gasteiger partial charge < -0.3 is 14.6 Å². The number of halogens is 2. The summed E-state index contributed by atoms with van der Waals surface area (Å²) in [6.45, 7) is 3.80. The molecule has 0 saturated carbocycles. The third-order valence-corrected chi connectivity index (χ3v) is 6.26. The first kappa shape index (κ1) is 24.1. The highest BCUT2D eigenvalue weighted by Crippen LogP contribution is 2.31. The molecule has 35 heavy (non-hydrogen) atoms. The van der Waals surface area contributed by atoms with Gasteiger partial charge in [0.15, 0.2) is 5.78 Å². The van der Waals surface area contributed by atoms with Gasteiger partial charge in [-0.15, -0.1) is 0 Å². The van der Waals surface area contributed by atoms with E-state index < -0.39 is 30.6 Å². The molecule has 3 aromatic rings. The summed E-state index contributed by atoms with van der Waals surface area (Å²) < 4.78 is 31.1. The molecule has 4 rings (SSSR count). The summed E-state index contributed by atoms with van der Waals surface area (Å²) in [4.78, 5) is 40.0. The van der Waals surface area contributed by atoms with Crippen molar-refractivity contribution in [3.63, 3.8) is 0 Å². The van der Waals surface area contributed by atoms with E-state index in [9.17, 15) is 23.2 Å². The number of alkyl halides is 2. The van der Waals surface area contributed by atoms with Crippen molar-refractivity contribution in [2.45, 2.75) is 39.8 Å². The number of amides is 3. The maximum Gasteiger partial charge on any atom is 0.387 e. The average molecular weight is 481 g/mol. The smallest absolute Gasteiger partial charge is 0.387 e. The van der Waals surface area contributed by atoms with E-state index in [4.69, 9.17) is 0 Å². The number of carbonyl (C=O) groups excluding carboxylic acids is 3. The Labute approximate surface area is 201 Å². The lowest BCUT2D eigenvalue weighted by Crippen LogP contribution is -2.41. The van der Waals surface area contributed by atoms with Crippen molar-refractivity contribution in [3.8, 4) is 11.4 Å². The minimum Gasteiger partial charge on any atom is -0.435 e. The molecule has 2 aromatic carbocycles. The number of aromatic nitrogens is 1. The lowest BCUT2D eigenvalue weighted by atomic mass is 9.92. The molecule has 1 aliphatic rings. The van der Waals surface area contributed by atoms with Gasteiger partial charge in [-0.05, 0) is 63.6 Å². The number of carbonyl (C=O) groups is 3. The van der Waals surface area contributed by atoms with Gasteiger partial charge >= 0.3 is 12.6 Å². The molecule has 1 unspecified atom stereocenters. The molecule has 1 fully saturated rings. The number of benzene rings is 2. The Hall–Kier alpha value is -4.01. The van der Waals surface area contributed by atoms with E-state index in [2.05, 4.69) is 10.1 Å². The molecule has 1 saturated heterocycles. The molecule has 0 spiro atoms. The number of urea groups is 1. The molecular weight excluding hydrogens is 456 g/mol. The summed E-state index contributed by atoms with van der Waals surface area (Å²) in [6.07, 6.45) is 0. The zero-order valence-electron chi connectivity index (χ0n) is 19.8. The SMILES string of the molecule is Cc1ccc(-n2c(C)cc(C(=O)CN3C(=O)NC(C)(c4ccc(OC(F)F)cc4)C3=O)c2C)cc1. The molecule has 1 N–H and O–H groups in total. The van der Waals surface area contributed by atoms with Crippen LogP contribution in [-0.2, 0) is 10.3 Å². The standard InChI is InChI=1S/C26H25F2N3O4/c1-15-5-9-19(10-6-15)31-16(2)13-21(17(31)3)22(32)14-30-23(33)26(4,29-25(30)34)18-7-11-20(12-8-18)35-24(27)28/h5-13,24H,14H2,1-4H3,(H,29,34). The zero-order chi connectivity index (χ0) is 25.5. The first-order valence-electron chi connectivity index (χ1n) is 11.0. The van der Waals surface area contributed by atoms with Gasteiger partial charge in [-0.2, -0.15) is 8.78 Å². The van der Waals surface area contributed by atoms with E-state index in [-0.39, 0.29) is 11.5 Å². The van der Waals surface area contributed by atoms with Crippen molar-refractivity contribution in [1.82, 2.24) is 14.8 Å². The van der Waals surface area contributed by atoms with Gasteiger partial charge in [-0.25, -0.2) is 4.79 Å². The highest BCUT2D eigenvalue weighted by molar-refractivity contribution is 6.11. The predicted molar refractivity (Wildman–Crippen MR) is 125 cm³/mol. The van der Waals surface area contributed by atoms with Crippen molar-refractivity contribution >= 4 is 17.7 Å². The number of hydrogen-bond donors (Lipinski definition) is 1. The monoisotopic (exact) mass is 481 g/mol. The molecule has 2 heterocycles. The molecule has 0 aliphatic carbocycles. The number of rotatable bonds is 7. The second-order valence-corrected chi connectivity index (χ2v) is 8.73. The van der Waals surface area contributed by atoms with Gasteiger partial charge in [0, 0.05) is 22.6 Å². The van der Waals surface area contributed by atoms with Crippen molar-refractivity contribution in [2.75, 3.05) is 6.54 Å². The van der Waals surface area contributed by atoms with E-state index in [0.717, 1.165) is 21.8 Å². The summed E-state index contributed by atoms with van der Waals surface area (Å²) in [5.74, 6) is -1.05. The second-order valence-electron chi connectivity index (χ2n) is 8.73. The third kappa shape index (κ3) is 4.41. The van der Waals surface area contributed by atoms with Gasteiger partial charge in [0.25, 0.3) is 5.91 Å². The Morgan fingerprint density at radius 3 is 2.26 bits per heavy atom. The molecule has 182 valence electrons. The molecule has 0 bridgehead atoms. The van der Waals surface area contributed by atoms with Crippen LogP contribution in [0.25, 0.3) is 5.69 Å². The quantitative estimate of drug-likeness (QED) is 0.393. The van der Waals surface area contributed by atoms with Crippen LogP contribution in [0.3, 0.4) is 0 Å². The number of hydrogen-bond acceptors (Lipinski definition) is 4. The second kappa shape index (κ2) is 8.98. The summed E-state index contributed by atoms with van der Waals surface area (Å²) in [5, 5.41) is 2.62. The Kier molecular flexibility index (Phi) is 6.19. The predicted octanol–water partition coefficient (Wildman–Crippen LogP) is 4.65. The Morgan fingerprint density at radius 1 is 1.03 bits per heavy atom. The fourth-order valence-corrected chi connectivity index (χ4v) is 4.37. The molecule has 3 amide bonds. The Balaban J connectivity index is 1.55. The summed E-state index contributed by atoms with van der Waals surface area (Å²) >= 11 is 0. The highest BCUT2D eigenvalue weighted by atomic mass is 19.3. The van der Waals surface area contributed by atoms with Crippen LogP contribution in [0, 0.1) is 20.8 Å². The van der Waals surface area contributed by atoms with Crippen LogP contribution in [0.15, 0.2) is 54.6 Å². The van der Waals surface area contributed by atoms with Crippen molar-refractivity contribution in [3.05, 3.63) is 82.7 Å². The van der Waals surface area contributed by atoms with Crippen LogP contribution in [0.4, 0.5) is 13.6 Å². The van der Waals surface area contributed by atoms with Crippen LogP contribution in [-0.4, -0.2) is 40.3 Å². The number of Topliss-reactive ketones (excluding diaryl/α,β-unsaturated/α-hetero) is 1. The summed E-state index contributed by atoms with van der Waals surface area (Å²) in [7, 11) is 0. The van der Waals surface area contributed by atoms with Gasteiger partial charge in [-0.3, -0.25) is 14.5 Å². The number of ether oxygens (including phenoxy) is 1. The fraction of sp³-hybridized carbons (Fsp3) is 0.269. The topological polar surface area (TPSA) is 80.6 Å². The van der Waals surface area contributed by atoms with Crippen molar-refractivity contribution in [1.29, 1.82) is 0 Å². The summed E-state index contributed by atoms with van der Waals surface area (Å²) in [5.41, 5.74) is 2.94. The van der Waals surface area contributed by atoms with Gasteiger partial charge in [0.2, 0.25) is 0 Å². The Morgan fingerprint density at radius 2 is 1.66 bits per heavy atom. The van der Waals surface area contributed by atoms with Crippen LogP contribution in [0.5, 0.6) is 5.75 Å². The van der Waals surface area contributed by atoms with E-state index in [1.54, 1.807) is 6.07 Å². The number of nitrogens with one attached hydrogen (secondary N) is 1. The van der Waals surface area contributed by atoms with Gasteiger partial charge in [0.05, 0.1) is 6.54 Å². The number of ketones is 1. The van der Waals surface area contributed by atoms with Crippen LogP contribution in [0.2, 0.25) is 0 Å². The van der Waals surface area contributed by atoms with Crippen molar-refractivity contribution < 1.29 is 27.9 Å². The minimum absolute atomic E-state index is 0.0694. The lowest BCUT2D eigenvalue weighted by Gasteiger charge is -2.22. The lowest BCUT2D eigenvalue weighted by molar-refractivity contribution is -0.130.